The molecule has 1 saturated heterocycles. The molecule has 2 heterocycles. The number of methoxy groups -OCH3 is 1. The van der Waals surface area contributed by atoms with Gasteiger partial charge in [-0.15, -0.1) is 0 Å². The van der Waals surface area contributed by atoms with Crippen molar-refractivity contribution in [3.05, 3.63) is 29.3 Å². The fourth-order valence-electron chi connectivity index (χ4n) is 5.34. The Balaban J connectivity index is 1.89. The Hall–Kier alpha value is -2.04. The Kier molecular flexibility index (Phi) is 2.99. The maximum absolute atomic E-state index is 12.6. The van der Waals surface area contributed by atoms with E-state index in [9.17, 15) is 14.7 Å². The summed E-state index contributed by atoms with van der Waals surface area (Å²) in [6.07, 6.45) is 1.94. The number of carbonyl (C=O) groups is 2. The molecule has 2 aliphatic heterocycles. The summed E-state index contributed by atoms with van der Waals surface area (Å²) in [6.45, 7) is 2.73. The van der Waals surface area contributed by atoms with Crippen LogP contribution in [0.25, 0.3) is 0 Å². The van der Waals surface area contributed by atoms with Gasteiger partial charge >= 0.3 is 5.97 Å². The largest absolute Gasteiger partial charge is 0.508 e. The Morgan fingerprint density at radius 3 is 2.96 bits per heavy atom. The molecule has 1 unspecified atom stereocenters. The van der Waals surface area contributed by atoms with Gasteiger partial charge in [-0.25, -0.2) is 0 Å². The van der Waals surface area contributed by atoms with Gasteiger partial charge in [-0.3, -0.25) is 9.59 Å². The van der Waals surface area contributed by atoms with Crippen LogP contribution in [0.3, 0.4) is 0 Å². The first-order valence-corrected chi connectivity index (χ1v) is 8.19. The third kappa shape index (κ3) is 1.73. The highest BCUT2D eigenvalue weighted by atomic mass is 16.5. The van der Waals surface area contributed by atoms with Gasteiger partial charge in [0.25, 0.3) is 0 Å². The lowest BCUT2D eigenvalue weighted by Crippen LogP contribution is -2.49. The van der Waals surface area contributed by atoms with Gasteiger partial charge in [-0.2, -0.15) is 0 Å². The number of benzene rings is 1. The summed E-state index contributed by atoms with van der Waals surface area (Å²) < 4.78 is 5.02. The van der Waals surface area contributed by atoms with Crippen molar-refractivity contribution in [1.29, 1.82) is 0 Å². The molecular formula is C18H21NO4. The number of carbonyl (C=O) groups excluding carboxylic acids is 2. The van der Waals surface area contributed by atoms with E-state index in [1.807, 2.05) is 11.0 Å². The fourth-order valence-corrected chi connectivity index (χ4v) is 5.34. The second-order valence-corrected chi connectivity index (χ2v) is 7.10. The highest BCUT2D eigenvalue weighted by Gasteiger charge is 2.65. The van der Waals surface area contributed by atoms with Crippen LogP contribution < -0.4 is 0 Å². The lowest BCUT2D eigenvalue weighted by Gasteiger charge is -2.44. The highest BCUT2D eigenvalue weighted by Crippen LogP contribution is 2.61. The minimum atomic E-state index is -0.406. The first-order valence-electron chi connectivity index (χ1n) is 8.19. The first-order chi connectivity index (χ1) is 11.0. The van der Waals surface area contributed by atoms with Gasteiger partial charge in [0.15, 0.2) is 0 Å². The molecule has 1 aromatic carbocycles. The summed E-state index contributed by atoms with van der Waals surface area (Å²) in [5.74, 6) is 0.0667. The van der Waals surface area contributed by atoms with E-state index < -0.39 is 5.54 Å². The number of hydrogen-bond acceptors (Lipinski definition) is 4. The van der Waals surface area contributed by atoms with Crippen LogP contribution in [0.2, 0.25) is 0 Å². The monoisotopic (exact) mass is 315 g/mol. The molecule has 1 spiro atoms. The lowest BCUT2D eigenvalue weighted by molar-refractivity contribution is -0.148. The second kappa shape index (κ2) is 4.73. The van der Waals surface area contributed by atoms with Crippen molar-refractivity contribution in [2.45, 2.75) is 31.7 Å². The first kappa shape index (κ1) is 14.5. The summed E-state index contributed by atoms with van der Waals surface area (Å²) in [6, 6.07) is 5.43. The molecule has 5 heteroatoms. The summed E-state index contributed by atoms with van der Waals surface area (Å²) >= 11 is 0. The van der Waals surface area contributed by atoms with Gasteiger partial charge in [0.05, 0.1) is 18.6 Å². The van der Waals surface area contributed by atoms with Crippen molar-refractivity contribution in [3.8, 4) is 5.75 Å². The van der Waals surface area contributed by atoms with Crippen molar-refractivity contribution in [2.24, 2.45) is 17.8 Å². The van der Waals surface area contributed by atoms with E-state index >= 15 is 0 Å². The van der Waals surface area contributed by atoms with Gasteiger partial charge in [0.1, 0.15) is 5.75 Å². The average Bonchev–Trinajstić information content (AvgIpc) is 2.94. The van der Waals surface area contributed by atoms with Crippen LogP contribution in [0, 0.1) is 17.8 Å². The zero-order valence-electron chi connectivity index (χ0n) is 13.4. The van der Waals surface area contributed by atoms with Gasteiger partial charge in [0.2, 0.25) is 5.91 Å². The van der Waals surface area contributed by atoms with Crippen LogP contribution in [0.4, 0.5) is 0 Å². The Morgan fingerprint density at radius 1 is 1.43 bits per heavy atom. The number of phenolic OH excluding ortho intramolecular Hbond substituents is 1. The SMILES string of the molecule is COC(=O)[C@@H]1[C@@H](C)CC23c4ccc(O)cc4CCN2C(=O)C[C@@H]13. The number of ether oxygens (including phenoxy) is 1. The van der Waals surface area contributed by atoms with E-state index in [0.717, 1.165) is 24.0 Å². The topological polar surface area (TPSA) is 66.8 Å². The van der Waals surface area contributed by atoms with Crippen LogP contribution in [0.5, 0.6) is 5.75 Å². The van der Waals surface area contributed by atoms with Gasteiger partial charge < -0.3 is 14.7 Å². The molecule has 0 bridgehead atoms. The predicted octanol–water partition coefficient (Wildman–Crippen LogP) is 1.82. The normalized spacial score (nSPS) is 34.8. The minimum Gasteiger partial charge on any atom is -0.508 e. The van der Waals surface area contributed by atoms with Crippen molar-refractivity contribution < 1.29 is 19.4 Å². The summed E-state index contributed by atoms with van der Waals surface area (Å²) in [4.78, 5) is 26.9. The predicted molar refractivity (Wildman–Crippen MR) is 82.6 cm³/mol. The van der Waals surface area contributed by atoms with Crippen LogP contribution >= 0.6 is 0 Å². The number of rotatable bonds is 1. The molecule has 1 aromatic rings. The second-order valence-electron chi connectivity index (χ2n) is 7.10. The molecule has 2 fully saturated rings. The van der Waals surface area contributed by atoms with E-state index in [4.69, 9.17) is 4.74 Å². The zero-order chi connectivity index (χ0) is 16.4. The third-order valence-corrected chi connectivity index (χ3v) is 6.10. The Morgan fingerprint density at radius 2 is 2.22 bits per heavy atom. The van der Waals surface area contributed by atoms with E-state index in [0.29, 0.717) is 13.0 Å². The molecule has 1 aliphatic carbocycles. The zero-order valence-corrected chi connectivity index (χ0v) is 13.4. The number of phenols is 1. The van der Waals surface area contributed by atoms with E-state index in [-0.39, 0.29) is 35.4 Å². The van der Waals surface area contributed by atoms with Crippen LogP contribution in [0.15, 0.2) is 18.2 Å². The van der Waals surface area contributed by atoms with Crippen LogP contribution in [0.1, 0.15) is 30.9 Å². The molecule has 4 rings (SSSR count). The van der Waals surface area contributed by atoms with Crippen LogP contribution in [-0.4, -0.2) is 35.5 Å². The average molecular weight is 315 g/mol. The van der Waals surface area contributed by atoms with E-state index in [2.05, 4.69) is 6.92 Å². The molecule has 1 N–H and O–H groups in total. The van der Waals surface area contributed by atoms with Gasteiger partial charge in [0, 0.05) is 18.9 Å². The number of hydrogen-bond donors (Lipinski definition) is 1. The standard InChI is InChI=1S/C18H21NO4/c1-10-9-18-13-4-3-12(20)7-11(13)5-6-19(18)15(21)8-14(18)16(10)17(22)23-2/h3-4,7,10,14,16,20H,5-6,8-9H2,1-2H3/t10-,14-,16+,18?/m0/s1. The number of aromatic hydroxyl groups is 1. The molecule has 1 amide bonds. The summed E-state index contributed by atoms with van der Waals surface area (Å²) in [7, 11) is 1.42. The molecule has 0 radical (unpaired) electrons. The molecule has 1 saturated carbocycles. The van der Waals surface area contributed by atoms with Crippen LogP contribution in [-0.2, 0) is 26.3 Å². The lowest BCUT2D eigenvalue weighted by atomic mass is 9.74. The highest BCUT2D eigenvalue weighted by molar-refractivity contribution is 5.85. The van der Waals surface area contributed by atoms with Crippen molar-refractivity contribution in [3.63, 3.8) is 0 Å². The smallest absolute Gasteiger partial charge is 0.309 e. The summed E-state index contributed by atoms with van der Waals surface area (Å²) in [5.41, 5.74) is 1.80. The number of amides is 1. The number of fused-ring (bicyclic) bond motifs is 1. The molecule has 4 atom stereocenters. The Bertz CT molecular complexity index is 700. The molecule has 122 valence electrons. The van der Waals surface area contributed by atoms with Crippen molar-refractivity contribution >= 4 is 11.9 Å². The number of nitrogens with zero attached hydrogens (tertiary/aromatic N) is 1. The van der Waals surface area contributed by atoms with Gasteiger partial charge in [-0.05, 0) is 42.0 Å². The van der Waals surface area contributed by atoms with E-state index in [1.165, 1.54) is 7.11 Å². The third-order valence-electron chi connectivity index (χ3n) is 6.10. The maximum Gasteiger partial charge on any atom is 0.309 e. The molecule has 5 nitrogen and oxygen atoms in total. The van der Waals surface area contributed by atoms with Crippen molar-refractivity contribution in [1.82, 2.24) is 4.90 Å². The van der Waals surface area contributed by atoms with Crippen molar-refractivity contribution in [2.75, 3.05) is 13.7 Å². The number of esters is 1. The molecule has 23 heavy (non-hydrogen) atoms. The fraction of sp³-hybridized carbons (Fsp3) is 0.556. The van der Waals surface area contributed by atoms with E-state index in [1.54, 1.807) is 12.1 Å². The summed E-state index contributed by atoms with van der Waals surface area (Å²) in [5, 5.41) is 9.79. The minimum absolute atomic E-state index is 0.0407. The molecular weight excluding hydrogens is 294 g/mol. The maximum atomic E-state index is 12.6. The molecule has 3 aliphatic rings. The molecule has 0 aromatic heterocycles. The quantitative estimate of drug-likeness (QED) is 0.803. The van der Waals surface area contributed by atoms with Gasteiger partial charge in [-0.1, -0.05) is 13.0 Å². The Labute approximate surface area is 135 Å².